The van der Waals surface area contributed by atoms with Gasteiger partial charge >= 0.3 is 0 Å². The molecule has 0 bridgehead atoms. The second kappa shape index (κ2) is 6.85. The Balaban J connectivity index is 1.62. The summed E-state index contributed by atoms with van der Waals surface area (Å²) in [4.78, 5) is 14.4. The van der Waals surface area contributed by atoms with Crippen molar-refractivity contribution >= 4 is 5.91 Å². The number of nitrogens with zero attached hydrogens (tertiary/aromatic N) is 4. The number of benzene rings is 1. The summed E-state index contributed by atoms with van der Waals surface area (Å²) in [5.41, 5.74) is 0.590. The van der Waals surface area contributed by atoms with Gasteiger partial charge < -0.3 is 4.90 Å². The van der Waals surface area contributed by atoms with Crippen LogP contribution in [-0.2, 0) is 4.79 Å². The smallest absolute Gasteiger partial charge is 0.223 e. The monoisotopic (exact) mass is 317 g/mol. The quantitative estimate of drug-likeness (QED) is 0.938. The minimum absolute atomic E-state index is 0.0500. The topological polar surface area (TPSA) is 74.8 Å². The second-order valence-electron chi connectivity index (χ2n) is 6.08. The van der Waals surface area contributed by atoms with Crippen LogP contribution in [0.3, 0.4) is 0 Å². The molecule has 7 heteroatoms. The first-order chi connectivity index (χ1) is 11.1. The zero-order valence-corrected chi connectivity index (χ0v) is 13.1. The van der Waals surface area contributed by atoms with Crippen LogP contribution in [0.5, 0.6) is 0 Å². The number of nitrogens with one attached hydrogen (secondary N) is 1. The number of piperidine rings is 1. The molecule has 3 rings (SSSR count). The maximum absolute atomic E-state index is 13.8. The summed E-state index contributed by atoms with van der Waals surface area (Å²) in [7, 11) is 0. The molecule has 0 spiro atoms. The number of tetrazole rings is 1. The number of likely N-dealkylation sites (tertiary alicyclic amines) is 1. The number of carbonyl (C=O) groups excluding carboxylic acids is 1. The van der Waals surface area contributed by atoms with Gasteiger partial charge in [0.2, 0.25) is 5.91 Å². The largest absolute Gasteiger partial charge is 0.342 e. The van der Waals surface area contributed by atoms with Crippen LogP contribution in [0.1, 0.15) is 49.4 Å². The number of aromatic nitrogens is 4. The maximum Gasteiger partial charge on any atom is 0.223 e. The van der Waals surface area contributed by atoms with Crippen molar-refractivity contribution in [2.24, 2.45) is 0 Å². The van der Waals surface area contributed by atoms with E-state index in [2.05, 4.69) is 20.6 Å². The Hall–Kier alpha value is -2.31. The van der Waals surface area contributed by atoms with Crippen LogP contribution in [-0.4, -0.2) is 44.5 Å². The summed E-state index contributed by atoms with van der Waals surface area (Å²) < 4.78 is 13.8. The Kier molecular flexibility index (Phi) is 4.64. The molecule has 0 unspecified atom stereocenters. The van der Waals surface area contributed by atoms with Gasteiger partial charge in [0, 0.05) is 25.4 Å². The summed E-state index contributed by atoms with van der Waals surface area (Å²) in [6.07, 6.45) is 2.17. The minimum Gasteiger partial charge on any atom is -0.342 e. The number of aromatic amines is 1. The van der Waals surface area contributed by atoms with Gasteiger partial charge in [-0.3, -0.25) is 4.79 Å². The Labute approximate surface area is 134 Å². The maximum atomic E-state index is 13.8. The van der Waals surface area contributed by atoms with E-state index in [0.29, 0.717) is 24.4 Å². The van der Waals surface area contributed by atoms with Gasteiger partial charge in [-0.05, 0) is 30.4 Å². The van der Waals surface area contributed by atoms with Crippen molar-refractivity contribution < 1.29 is 9.18 Å². The van der Waals surface area contributed by atoms with Crippen molar-refractivity contribution in [1.82, 2.24) is 25.5 Å². The van der Waals surface area contributed by atoms with Gasteiger partial charge in [-0.25, -0.2) is 4.39 Å². The van der Waals surface area contributed by atoms with Crippen LogP contribution in [0.25, 0.3) is 0 Å². The standard InChI is InChI=1S/C16H20FN5O/c1-11(13-6-2-3-7-14(13)17)9-15(23)22-8-4-5-12(10-22)16-18-20-21-19-16/h2-3,6-7,11-12H,4-5,8-10H2,1H3,(H,18,19,20,21)/t11-,12+/m0/s1. The third-order valence-corrected chi connectivity index (χ3v) is 4.42. The molecule has 1 amide bonds. The van der Waals surface area contributed by atoms with Crippen LogP contribution in [0.15, 0.2) is 24.3 Å². The summed E-state index contributed by atoms with van der Waals surface area (Å²) in [5.74, 6) is 0.430. The third-order valence-electron chi connectivity index (χ3n) is 4.42. The molecule has 1 saturated heterocycles. The van der Waals surface area contributed by atoms with Crippen molar-refractivity contribution in [2.75, 3.05) is 13.1 Å². The molecule has 6 nitrogen and oxygen atoms in total. The molecule has 2 aromatic rings. The molecule has 1 aromatic carbocycles. The van der Waals surface area contributed by atoms with E-state index >= 15 is 0 Å². The lowest BCUT2D eigenvalue weighted by Crippen LogP contribution is -2.39. The molecular weight excluding hydrogens is 297 g/mol. The van der Waals surface area contributed by atoms with Crippen molar-refractivity contribution in [3.8, 4) is 0 Å². The first kappa shape index (κ1) is 15.6. The minimum atomic E-state index is -0.254. The number of halogens is 1. The van der Waals surface area contributed by atoms with E-state index in [-0.39, 0.29) is 23.6 Å². The van der Waals surface area contributed by atoms with E-state index in [1.807, 2.05) is 11.8 Å². The fourth-order valence-corrected chi connectivity index (χ4v) is 3.13. The normalized spacial score (nSPS) is 19.6. The molecule has 1 aliphatic heterocycles. The van der Waals surface area contributed by atoms with Crippen molar-refractivity contribution in [1.29, 1.82) is 0 Å². The molecule has 1 fully saturated rings. The lowest BCUT2D eigenvalue weighted by molar-refractivity contribution is -0.132. The van der Waals surface area contributed by atoms with Crippen molar-refractivity contribution in [3.63, 3.8) is 0 Å². The Morgan fingerprint density at radius 2 is 2.30 bits per heavy atom. The van der Waals surface area contributed by atoms with Gasteiger partial charge in [-0.2, -0.15) is 5.21 Å². The molecule has 0 saturated carbocycles. The Bertz CT molecular complexity index is 660. The molecule has 2 heterocycles. The summed E-state index contributed by atoms with van der Waals surface area (Å²) in [5, 5.41) is 14.1. The molecule has 23 heavy (non-hydrogen) atoms. The van der Waals surface area contributed by atoms with Crippen LogP contribution in [0.2, 0.25) is 0 Å². The number of carbonyl (C=O) groups is 1. The number of amides is 1. The molecule has 0 radical (unpaired) electrons. The highest BCUT2D eigenvalue weighted by molar-refractivity contribution is 5.77. The third kappa shape index (κ3) is 3.55. The van der Waals surface area contributed by atoms with Gasteiger partial charge in [-0.15, -0.1) is 10.2 Å². The van der Waals surface area contributed by atoms with E-state index in [1.54, 1.807) is 18.2 Å². The molecule has 0 aliphatic carbocycles. The van der Waals surface area contributed by atoms with Crippen LogP contribution in [0.4, 0.5) is 4.39 Å². The van der Waals surface area contributed by atoms with E-state index in [9.17, 15) is 9.18 Å². The fraction of sp³-hybridized carbons (Fsp3) is 0.500. The molecule has 1 aromatic heterocycles. The first-order valence-corrected chi connectivity index (χ1v) is 7.90. The Morgan fingerprint density at radius 3 is 3.04 bits per heavy atom. The van der Waals surface area contributed by atoms with E-state index < -0.39 is 0 Å². The van der Waals surface area contributed by atoms with Crippen LogP contribution < -0.4 is 0 Å². The van der Waals surface area contributed by atoms with Gasteiger partial charge in [0.05, 0.1) is 0 Å². The highest BCUT2D eigenvalue weighted by Crippen LogP contribution is 2.27. The molecule has 122 valence electrons. The number of H-pyrrole nitrogens is 1. The number of rotatable bonds is 4. The van der Waals surface area contributed by atoms with Gasteiger partial charge in [0.25, 0.3) is 0 Å². The average molecular weight is 317 g/mol. The summed E-state index contributed by atoms with van der Waals surface area (Å²) in [6, 6.07) is 6.63. The number of hydrogen-bond acceptors (Lipinski definition) is 4. The van der Waals surface area contributed by atoms with E-state index in [0.717, 1.165) is 19.4 Å². The SMILES string of the molecule is C[C@@H](CC(=O)N1CCC[C@@H](c2nn[nH]n2)C1)c1ccccc1F. The molecule has 2 atom stereocenters. The molecular formula is C16H20FN5O. The second-order valence-corrected chi connectivity index (χ2v) is 6.08. The zero-order valence-electron chi connectivity index (χ0n) is 13.1. The summed E-state index contributed by atoms with van der Waals surface area (Å²) in [6.45, 7) is 3.22. The lowest BCUT2D eigenvalue weighted by atomic mass is 9.94. The van der Waals surface area contributed by atoms with Gasteiger partial charge in [0.1, 0.15) is 5.82 Å². The predicted molar refractivity (Wildman–Crippen MR) is 82.2 cm³/mol. The summed E-state index contributed by atoms with van der Waals surface area (Å²) >= 11 is 0. The fourth-order valence-electron chi connectivity index (χ4n) is 3.13. The zero-order chi connectivity index (χ0) is 16.2. The van der Waals surface area contributed by atoms with Crippen molar-refractivity contribution in [3.05, 3.63) is 41.5 Å². The average Bonchev–Trinajstić information content (AvgIpc) is 3.10. The highest BCUT2D eigenvalue weighted by Gasteiger charge is 2.28. The molecule has 1 aliphatic rings. The first-order valence-electron chi connectivity index (χ1n) is 7.90. The van der Waals surface area contributed by atoms with Crippen LogP contribution >= 0.6 is 0 Å². The van der Waals surface area contributed by atoms with Crippen LogP contribution in [0, 0.1) is 5.82 Å². The Morgan fingerprint density at radius 1 is 1.48 bits per heavy atom. The predicted octanol–water partition coefficient (Wildman–Crippen LogP) is 2.24. The van der Waals surface area contributed by atoms with E-state index in [1.165, 1.54) is 6.07 Å². The number of hydrogen-bond donors (Lipinski definition) is 1. The van der Waals surface area contributed by atoms with Gasteiger partial charge in [0.15, 0.2) is 5.82 Å². The van der Waals surface area contributed by atoms with E-state index in [4.69, 9.17) is 0 Å². The molecule has 1 N–H and O–H groups in total. The lowest BCUT2D eigenvalue weighted by Gasteiger charge is -2.32. The van der Waals surface area contributed by atoms with Gasteiger partial charge in [-0.1, -0.05) is 30.3 Å². The highest BCUT2D eigenvalue weighted by atomic mass is 19.1. The van der Waals surface area contributed by atoms with Crippen molar-refractivity contribution in [2.45, 2.75) is 38.0 Å².